The van der Waals surface area contributed by atoms with Crippen molar-refractivity contribution in [1.82, 2.24) is 15.1 Å². The molecule has 0 saturated heterocycles. The van der Waals surface area contributed by atoms with E-state index in [1.165, 1.54) is 12.3 Å². The van der Waals surface area contributed by atoms with Crippen molar-refractivity contribution < 1.29 is 14.1 Å². The van der Waals surface area contributed by atoms with Crippen molar-refractivity contribution in [3.8, 4) is 11.4 Å². The van der Waals surface area contributed by atoms with E-state index in [9.17, 15) is 4.79 Å². The number of nitrogens with zero attached hydrogens (tertiary/aromatic N) is 3. The number of carbonyl (C=O) groups is 1. The predicted octanol–water partition coefficient (Wildman–Crippen LogP) is 3.94. The number of aromatic nitrogens is 3. The minimum atomic E-state index is -0.752. The molecule has 25 heavy (non-hydrogen) atoms. The number of benzene rings is 1. The van der Waals surface area contributed by atoms with Crippen molar-refractivity contribution in [1.29, 1.82) is 0 Å². The van der Waals surface area contributed by atoms with Crippen LogP contribution in [0, 0.1) is 0 Å². The largest absolute Gasteiger partial charge is 0.449 e. The van der Waals surface area contributed by atoms with Crippen LogP contribution >= 0.6 is 23.2 Å². The molecule has 0 aliphatic rings. The molecule has 3 aromatic rings. The van der Waals surface area contributed by atoms with Crippen molar-refractivity contribution in [2.75, 3.05) is 5.73 Å². The number of rotatable bonds is 4. The summed E-state index contributed by atoms with van der Waals surface area (Å²) in [7, 11) is 0. The fourth-order valence-electron chi connectivity index (χ4n) is 1.97. The molecular formula is C16H12Cl2N4O3. The van der Waals surface area contributed by atoms with E-state index in [0.29, 0.717) is 10.8 Å². The van der Waals surface area contributed by atoms with E-state index >= 15 is 0 Å². The Kier molecular flexibility index (Phi) is 4.87. The molecule has 3 rings (SSSR count). The van der Waals surface area contributed by atoms with Crippen molar-refractivity contribution in [2.24, 2.45) is 0 Å². The van der Waals surface area contributed by atoms with E-state index < -0.39 is 12.1 Å². The molecule has 0 unspecified atom stereocenters. The highest BCUT2D eigenvalue weighted by Gasteiger charge is 2.21. The van der Waals surface area contributed by atoms with Gasteiger partial charge in [-0.05, 0) is 37.3 Å². The van der Waals surface area contributed by atoms with Crippen LogP contribution in [0.3, 0.4) is 0 Å². The molecule has 1 aromatic carbocycles. The van der Waals surface area contributed by atoms with Gasteiger partial charge < -0.3 is 15.0 Å². The first-order valence-electron chi connectivity index (χ1n) is 7.15. The summed E-state index contributed by atoms with van der Waals surface area (Å²) >= 11 is 11.6. The molecule has 128 valence electrons. The highest BCUT2D eigenvalue weighted by atomic mass is 35.5. The fraction of sp³-hybridized carbons (Fsp3) is 0.125. The minimum Gasteiger partial charge on any atom is -0.449 e. The first kappa shape index (κ1) is 17.2. The molecule has 7 nitrogen and oxygen atoms in total. The number of nitrogens with two attached hydrogens (primary N) is 1. The Hall–Kier alpha value is -2.64. The number of hydrogen-bond donors (Lipinski definition) is 1. The molecule has 0 fully saturated rings. The first-order chi connectivity index (χ1) is 11.9. The summed E-state index contributed by atoms with van der Waals surface area (Å²) in [6.45, 7) is 1.61. The second-order valence-electron chi connectivity index (χ2n) is 5.11. The van der Waals surface area contributed by atoms with Gasteiger partial charge in [0.1, 0.15) is 0 Å². The third kappa shape index (κ3) is 3.89. The number of halogens is 2. The average molecular weight is 379 g/mol. The number of anilines is 1. The van der Waals surface area contributed by atoms with Crippen molar-refractivity contribution >= 4 is 34.9 Å². The molecule has 0 amide bonds. The van der Waals surface area contributed by atoms with E-state index in [0.717, 1.165) is 5.56 Å². The Morgan fingerprint density at radius 3 is 2.68 bits per heavy atom. The maximum atomic E-state index is 12.1. The van der Waals surface area contributed by atoms with Crippen LogP contribution in [0.25, 0.3) is 11.4 Å². The second-order valence-corrected chi connectivity index (χ2v) is 5.91. The average Bonchev–Trinajstić information content (AvgIpc) is 3.08. The maximum absolute atomic E-state index is 12.1. The highest BCUT2D eigenvalue weighted by molar-refractivity contribution is 6.31. The molecule has 2 heterocycles. The molecule has 9 heteroatoms. The number of nitrogen functional groups attached to an aromatic ring is 1. The number of carbonyl (C=O) groups excluding carboxylic acids is 1. The summed E-state index contributed by atoms with van der Waals surface area (Å²) in [5.41, 5.74) is 6.71. The van der Waals surface area contributed by atoms with Gasteiger partial charge in [-0.1, -0.05) is 28.4 Å². The summed E-state index contributed by atoms with van der Waals surface area (Å²) in [6.07, 6.45) is 0.527. The van der Waals surface area contributed by atoms with E-state index in [1.54, 1.807) is 31.2 Å². The van der Waals surface area contributed by atoms with Crippen molar-refractivity contribution in [3.05, 3.63) is 58.2 Å². The molecule has 0 radical (unpaired) electrons. The van der Waals surface area contributed by atoms with Gasteiger partial charge in [0.2, 0.25) is 5.82 Å². The van der Waals surface area contributed by atoms with Crippen LogP contribution in [0.15, 0.2) is 41.1 Å². The molecule has 0 aliphatic heterocycles. The number of pyridine rings is 1. The van der Waals surface area contributed by atoms with Crippen LogP contribution in [0.1, 0.15) is 29.3 Å². The normalized spacial score (nSPS) is 12.0. The monoisotopic (exact) mass is 378 g/mol. The maximum Gasteiger partial charge on any atom is 0.340 e. The van der Waals surface area contributed by atoms with Gasteiger partial charge in [-0.2, -0.15) is 4.98 Å². The molecule has 2 aromatic heterocycles. The van der Waals surface area contributed by atoms with E-state index in [2.05, 4.69) is 15.1 Å². The van der Waals surface area contributed by atoms with Gasteiger partial charge in [0.15, 0.2) is 11.3 Å². The molecule has 0 bridgehead atoms. The Morgan fingerprint density at radius 1 is 1.28 bits per heavy atom. The Balaban J connectivity index is 1.73. The zero-order valence-electron chi connectivity index (χ0n) is 12.9. The molecule has 1 atom stereocenters. The zero-order valence-corrected chi connectivity index (χ0v) is 14.5. The fourth-order valence-corrected chi connectivity index (χ4v) is 2.20. The lowest BCUT2D eigenvalue weighted by Crippen LogP contribution is -2.10. The van der Waals surface area contributed by atoms with E-state index in [1.807, 2.05) is 0 Å². The van der Waals surface area contributed by atoms with Crippen LogP contribution in [0.4, 0.5) is 5.69 Å². The van der Waals surface area contributed by atoms with Crippen LogP contribution < -0.4 is 5.73 Å². The second kappa shape index (κ2) is 7.08. The van der Waals surface area contributed by atoms with Crippen LogP contribution in [0.5, 0.6) is 0 Å². The zero-order chi connectivity index (χ0) is 18.0. The Morgan fingerprint density at radius 2 is 2.00 bits per heavy atom. The van der Waals surface area contributed by atoms with Gasteiger partial charge in [0, 0.05) is 16.8 Å². The topological polar surface area (TPSA) is 104 Å². The summed E-state index contributed by atoms with van der Waals surface area (Å²) in [4.78, 5) is 20.2. The third-order valence-electron chi connectivity index (χ3n) is 3.28. The lowest BCUT2D eigenvalue weighted by molar-refractivity contribution is 0.0265. The smallest absolute Gasteiger partial charge is 0.340 e. The first-order valence-corrected chi connectivity index (χ1v) is 7.91. The number of hydrogen-bond acceptors (Lipinski definition) is 7. The quantitative estimate of drug-likeness (QED) is 0.541. The molecule has 2 N–H and O–H groups in total. The highest BCUT2D eigenvalue weighted by Crippen LogP contribution is 2.23. The summed E-state index contributed by atoms with van der Waals surface area (Å²) in [6, 6.07) is 8.34. The summed E-state index contributed by atoms with van der Waals surface area (Å²) in [5.74, 6) is -0.102. The van der Waals surface area contributed by atoms with Crippen molar-refractivity contribution in [2.45, 2.75) is 13.0 Å². The Bertz CT molecular complexity index is 912. The molecule has 0 aliphatic carbocycles. The van der Waals surface area contributed by atoms with E-state index in [-0.39, 0.29) is 22.3 Å². The predicted molar refractivity (Wildman–Crippen MR) is 92.2 cm³/mol. The lowest BCUT2D eigenvalue weighted by atomic mass is 10.2. The van der Waals surface area contributed by atoms with Gasteiger partial charge in [0.05, 0.1) is 11.3 Å². The van der Waals surface area contributed by atoms with Gasteiger partial charge in [0.25, 0.3) is 5.89 Å². The molecule has 0 spiro atoms. The molecular weight excluding hydrogens is 367 g/mol. The van der Waals surface area contributed by atoms with Crippen molar-refractivity contribution in [3.63, 3.8) is 0 Å². The SMILES string of the molecule is C[C@H](OC(=O)c1cnc(Cl)c(N)c1)c1nc(-c2ccc(Cl)cc2)no1. The molecule has 0 saturated carbocycles. The van der Waals surface area contributed by atoms with Gasteiger partial charge in [-0.15, -0.1) is 0 Å². The number of esters is 1. The summed E-state index contributed by atoms with van der Waals surface area (Å²) in [5, 5.41) is 4.59. The Labute approximate surface area is 152 Å². The van der Waals surface area contributed by atoms with Crippen LogP contribution in [0.2, 0.25) is 10.2 Å². The standard InChI is InChI=1S/C16H12Cl2N4O3/c1-8(24-16(23)10-6-12(19)13(18)20-7-10)15-21-14(22-25-15)9-2-4-11(17)5-3-9/h2-8H,19H2,1H3/t8-/m0/s1. The van der Waals surface area contributed by atoms with Crippen LogP contribution in [-0.4, -0.2) is 21.1 Å². The van der Waals surface area contributed by atoms with Gasteiger partial charge in [-0.25, -0.2) is 9.78 Å². The van der Waals surface area contributed by atoms with Gasteiger partial charge in [-0.3, -0.25) is 0 Å². The van der Waals surface area contributed by atoms with E-state index in [4.69, 9.17) is 38.2 Å². The lowest BCUT2D eigenvalue weighted by Gasteiger charge is -2.09. The summed E-state index contributed by atoms with van der Waals surface area (Å²) < 4.78 is 10.4. The minimum absolute atomic E-state index is 0.120. The van der Waals surface area contributed by atoms with Gasteiger partial charge >= 0.3 is 5.97 Å². The number of ether oxygens (including phenoxy) is 1. The van der Waals surface area contributed by atoms with Crippen LogP contribution in [-0.2, 0) is 4.74 Å². The third-order valence-corrected chi connectivity index (χ3v) is 3.85.